The van der Waals surface area contributed by atoms with Crippen LogP contribution in [0, 0.1) is 13.8 Å². The number of hydrogen-bond donors (Lipinski definition) is 0. The van der Waals surface area contributed by atoms with Gasteiger partial charge >= 0.3 is 0 Å². The zero-order valence-corrected chi connectivity index (χ0v) is 9.09. The van der Waals surface area contributed by atoms with Crippen LogP contribution in [-0.4, -0.2) is 0 Å². The molecule has 72 valence electrons. The van der Waals surface area contributed by atoms with Crippen molar-refractivity contribution in [2.45, 2.75) is 27.2 Å². The molecule has 0 amide bonds. The normalized spacial score (nSPS) is 15.4. The average molecular weight is 184 g/mol. The maximum absolute atomic E-state index is 2.29. The van der Waals surface area contributed by atoms with E-state index < -0.39 is 0 Å². The number of rotatable bonds is 1. The summed E-state index contributed by atoms with van der Waals surface area (Å²) in [5.74, 6) is 0. The third-order valence-corrected chi connectivity index (χ3v) is 2.78. The maximum atomic E-state index is 2.29. The Morgan fingerprint density at radius 2 is 1.79 bits per heavy atom. The molecule has 0 saturated carbocycles. The minimum atomic E-state index is 1.12. The van der Waals surface area contributed by atoms with Gasteiger partial charge in [-0.25, -0.2) is 0 Å². The van der Waals surface area contributed by atoms with E-state index in [9.17, 15) is 0 Å². The van der Waals surface area contributed by atoms with Crippen molar-refractivity contribution in [1.82, 2.24) is 0 Å². The number of aryl methyl sites for hydroxylation is 2. The summed E-state index contributed by atoms with van der Waals surface area (Å²) in [6.45, 7) is 6.52. The Kier molecular flexibility index (Phi) is 2.28. The predicted octanol–water partition coefficient (Wildman–Crippen LogP) is 4.04. The van der Waals surface area contributed by atoms with Crippen molar-refractivity contribution in [3.63, 3.8) is 0 Å². The first kappa shape index (κ1) is 9.26. The van der Waals surface area contributed by atoms with Gasteiger partial charge in [0.15, 0.2) is 0 Å². The minimum absolute atomic E-state index is 1.12. The Hall–Kier alpha value is -1.30. The van der Waals surface area contributed by atoms with E-state index in [4.69, 9.17) is 0 Å². The molecule has 2 rings (SSSR count). The Balaban J connectivity index is 2.38. The Bertz CT molecular complexity index is 420. The van der Waals surface area contributed by atoms with Crippen molar-refractivity contribution in [1.29, 1.82) is 0 Å². The zero-order chi connectivity index (χ0) is 10.1. The van der Waals surface area contributed by atoms with Crippen molar-refractivity contribution >= 4 is 5.57 Å². The molecule has 0 heteroatoms. The SMILES string of the molecule is CC1=CC=C(c2cc(C)ccc2C)C1. The van der Waals surface area contributed by atoms with Gasteiger partial charge in [-0.15, -0.1) is 0 Å². The Morgan fingerprint density at radius 3 is 2.43 bits per heavy atom. The largest absolute Gasteiger partial charge is 0.0689 e. The molecule has 1 aromatic carbocycles. The zero-order valence-electron chi connectivity index (χ0n) is 9.09. The molecular weight excluding hydrogens is 168 g/mol. The Morgan fingerprint density at radius 1 is 1.00 bits per heavy atom. The van der Waals surface area contributed by atoms with E-state index in [1.54, 1.807) is 0 Å². The molecule has 1 aliphatic carbocycles. The van der Waals surface area contributed by atoms with Crippen molar-refractivity contribution in [3.8, 4) is 0 Å². The summed E-state index contributed by atoms with van der Waals surface area (Å²) < 4.78 is 0. The predicted molar refractivity (Wildman–Crippen MR) is 62.3 cm³/mol. The van der Waals surface area contributed by atoms with Gasteiger partial charge in [-0.2, -0.15) is 0 Å². The summed E-state index contributed by atoms with van der Waals surface area (Å²) >= 11 is 0. The van der Waals surface area contributed by atoms with E-state index in [2.05, 4.69) is 51.1 Å². The molecule has 0 atom stereocenters. The highest BCUT2D eigenvalue weighted by atomic mass is 14.1. The molecule has 0 heterocycles. The molecule has 0 bridgehead atoms. The quantitative estimate of drug-likeness (QED) is 0.618. The first-order chi connectivity index (χ1) is 6.66. The first-order valence-corrected chi connectivity index (χ1v) is 5.11. The van der Waals surface area contributed by atoms with Crippen LogP contribution >= 0.6 is 0 Å². The fourth-order valence-corrected chi connectivity index (χ4v) is 1.93. The van der Waals surface area contributed by atoms with E-state index >= 15 is 0 Å². The van der Waals surface area contributed by atoms with Crippen LogP contribution in [0.4, 0.5) is 0 Å². The molecule has 1 aromatic rings. The standard InChI is InChI=1S/C14H16/c1-10-5-7-13(8-10)14-9-11(2)4-6-12(14)3/h4-7,9H,8H2,1-3H3. The van der Waals surface area contributed by atoms with Gasteiger partial charge in [0.1, 0.15) is 0 Å². The molecule has 0 unspecified atom stereocenters. The van der Waals surface area contributed by atoms with E-state index in [1.165, 1.54) is 27.8 Å². The molecule has 0 N–H and O–H groups in total. The molecule has 0 spiro atoms. The summed E-state index contributed by atoms with van der Waals surface area (Å²) in [5, 5.41) is 0. The highest BCUT2D eigenvalue weighted by Gasteiger charge is 2.09. The molecule has 0 fully saturated rings. The summed E-state index contributed by atoms with van der Waals surface area (Å²) in [6.07, 6.45) is 5.58. The molecule has 0 saturated heterocycles. The fraction of sp³-hybridized carbons (Fsp3) is 0.286. The van der Waals surface area contributed by atoms with Crippen molar-refractivity contribution in [3.05, 3.63) is 52.6 Å². The molecule has 14 heavy (non-hydrogen) atoms. The van der Waals surface area contributed by atoms with Crippen LogP contribution in [0.1, 0.15) is 30.0 Å². The lowest BCUT2D eigenvalue weighted by molar-refractivity contribution is 1.24. The second-order valence-corrected chi connectivity index (χ2v) is 4.20. The number of hydrogen-bond acceptors (Lipinski definition) is 0. The van der Waals surface area contributed by atoms with Crippen LogP contribution < -0.4 is 0 Å². The van der Waals surface area contributed by atoms with Crippen molar-refractivity contribution in [2.75, 3.05) is 0 Å². The van der Waals surface area contributed by atoms with E-state index in [0.29, 0.717) is 0 Å². The van der Waals surface area contributed by atoms with Crippen molar-refractivity contribution in [2.24, 2.45) is 0 Å². The molecular formula is C14H16. The van der Waals surface area contributed by atoms with Gasteiger partial charge in [0.05, 0.1) is 0 Å². The van der Waals surface area contributed by atoms with Crippen LogP contribution in [0.3, 0.4) is 0 Å². The van der Waals surface area contributed by atoms with Crippen LogP contribution in [0.2, 0.25) is 0 Å². The lowest BCUT2D eigenvalue weighted by atomic mass is 9.97. The summed E-state index contributed by atoms with van der Waals surface area (Å²) in [7, 11) is 0. The van der Waals surface area contributed by atoms with Gasteiger partial charge in [-0.3, -0.25) is 0 Å². The Labute approximate surface area is 86.0 Å². The van der Waals surface area contributed by atoms with E-state index in [0.717, 1.165) is 6.42 Å². The summed E-state index contributed by atoms with van der Waals surface area (Å²) in [4.78, 5) is 0. The molecule has 0 aliphatic heterocycles. The third-order valence-electron chi connectivity index (χ3n) is 2.78. The van der Waals surface area contributed by atoms with Crippen LogP contribution in [0.25, 0.3) is 5.57 Å². The molecule has 1 aliphatic rings. The number of allylic oxidation sites excluding steroid dienone is 4. The average Bonchev–Trinajstić information content (AvgIpc) is 2.56. The summed E-state index contributed by atoms with van der Waals surface area (Å²) in [6, 6.07) is 6.67. The van der Waals surface area contributed by atoms with Gasteiger partial charge < -0.3 is 0 Å². The molecule has 0 radical (unpaired) electrons. The lowest BCUT2D eigenvalue weighted by Gasteiger charge is -2.08. The van der Waals surface area contributed by atoms with Crippen LogP contribution in [0.15, 0.2) is 35.9 Å². The fourth-order valence-electron chi connectivity index (χ4n) is 1.93. The minimum Gasteiger partial charge on any atom is -0.0689 e. The maximum Gasteiger partial charge on any atom is -0.00607 e. The second kappa shape index (κ2) is 3.45. The highest BCUT2D eigenvalue weighted by molar-refractivity contribution is 5.74. The first-order valence-electron chi connectivity index (χ1n) is 5.11. The summed E-state index contributed by atoms with van der Waals surface area (Å²) in [5.41, 5.74) is 7.06. The van der Waals surface area contributed by atoms with Crippen LogP contribution in [0.5, 0.6) is 0 Å². The number of benzene rings is 1. The molecule has 0 nitrogen and oxygen atoms in total. The monoisotopic (exact) mass is 184 g/mol. The van der Waals surface area contributed by atoms with Gasteiger partial charge in [0, 0.05) is 0 Å². The van der Waals surface area contributed by atoms with Crippen LogP contribution in [-0.2, 0) is 0 Å². The highest BCUT2D eigenvalue weighted by Crippen LogP contribution is 2.30. The van der Waals surface area contributed by atoms with E-state index in [-0.39, 0.29) is 0 Å². The third kappa shape index (κ3) is 1.65. The topological polar surface area (TPSA) is 0 Å². The van der Waals surface area contributed by atoms with E-state index in [1.807, 2.05) is 0 Å². The van der Waals surface area contributed by atoms with Gasteiger partial charge in [0.2, 0.25) is 0 Å². The van der Waals surface area contributed by atoms with Gasteiger partial charge in [-0.1, -0.05) is 41.5 Å². The van der Waals surface area contributed by atoms with Gasteiger partial charge in [-0.05, 0) is 43.9 Å². The van der Waals surface area contributed by atoms with Crippen molar-refractivity contribution < 1.29 is 0 Å². The second-order valence-electron chi connectivity index (χ2n) is 4.20. The molecule has 0 aromatic heterocycles. The lowest BCUT2D eigenvalue weighted by Crippen LogP contribution is -1.88. The van der Waals surface area contributed by atoms with Gasteiger partial charge in [0.25, 0.3) is 0 Å². The smallest absolute Gasteiger partial charge is 0.00607 e.